The number of nitro benzene ring substituents is 1. The fraction of sp³-hybridized carbons (Fsp3) is 0.350. The molecular weight excluding hydrogens is 362 g/mol. The van der Waals surface area contributed by atoms with E-state index >= 15 is 0 Å². The lowest BCUT2D eigenvalue weighted by molar-refractivity contribution is -0.384. The molecule has 0 unspecified atom stereocenters. The maximum atomic E-state index is 12.8. The quantitative estimate of drug-likeness (QED) is 0.579. The Kier molecular flexibility index (Phi) is 6.44. The molecule has 2 aromatic carbocycles. The first-order chi connectivity index (χ1) is 13.6. The van der Waals surface area contributed by atoms with Crippen molar-refractivity contribution in [3.8, 4) is 5.75 Å². The van der Waals surface area contributed by atoms with E-state index in [4.69, 9.17) is 9.47 Å². The lowest BCUT2D eigenvalue weighted by Crippen LogP contribution is -2.36. The van der Waals surface area contributed by atoms with Crippen LogP contribution in [-0.4, -0.2) is 43.7 Å². The molecule has 1 amide bonds. The highest BCUT2D eigenvalue weighted by molar-refractivity contribution is 6.06. The molecule has 0 aliphatic carbocycles. The topological polar surface area (TPSA) is 93.9 Å². The minimum atomic E-state index is -0.440. The van der Waals surface area contributed by atoms with Gasteiger partial charge < -0.3 is 19.7 Å². The van der Waals surface area contributed by atoms with Crippen LogP contribution in [0.2, 0.25) is 0 Å². The number of benzene rings is 2. The highest BCUT2D eigenvalue weighted by Gasteiger charge is 2.20. The number of non-ortho nitro benzene ring substituents is 1. The summed E-state index contributed by atoms with van der Waals surface area (Å²) in [5, 5.41) is 14.0. The molecule has 1 aliphatic heterocycles. The van der Waals surface area contributed by atoms with E-state index in [-0.39, 0.29) is 11.6 Å². The highest BCUT2D eigenvalue weighted by Crippen LogP contribution is 2.31. The molecule has 3 rings (SSSR count). The number of carbonyl (C=O) groups excluding carboxylic acids is 1. The summed E-state index contributed by atoms with van der Waals surface area (Å²) < 4.78 is 10.9. The molecule has 2 aromatic rings. The van der Waals surface area contributed by atoms with Crippen LogP contribution < -0.4 is 15.0 Å². The summed E-state index contributed by atoms with van der Waals surface area (Å²) in [5.41, 5.74) is 1.58. The van der Waals surface area contributed by atoms with Gasteiger partial charge in [0.15, 0.2) is 0 Å². The molecule has 0 radical (unpaired) electrons. The Hall–Kier alpha value is -3.13. The molecule has 1 fully saturated rings. The maximum Gasteiger partial charge on any atom is 0.271 e. The summed E-state index contributed by atoms with van der Waals surface area (Å²) >= 11 is 0. The fourth-order valence-corrected chi connectivity index (χ4v) is 2.95. The van der Waals surface area contributed by atoms with Gasteiger partial charge in [-0.3, -0.25) is 14.9 Å². The van der Waals surface area contributed by atoms with E-state index in [9.17, 15) is 14.9 Å². The number of amides is 1. The van der Waals surface area contributed by atoms with Crippen LogP contribution in [0.3, 0.4) is 0 Å². The van der Waals surface area contributed by atoms with E-state index in [1.165, 1.54) is 12.1 Å². The molecule has 8 nitrogen and oxygen atoms in total. The number of morpholine rings is 1. The standard InChI is InChI=1S/C20H23N3O5/c1-2-10-28-17-5-3-4-15(13-17)20(24)21-18-7-6-16(23(25)26)14-19(18)22-8-11-27-12-9-22/h3-7,13-14H,2,8-12H2,1H3,(H,21,24). The van der Waals surface area contributed by atoms with Crippen molar-refractivity contribution in [2.24, 2.45) is 0 Å². The third-order valence-corrected chi connectivity index (χ3v) is 4.36. The normalized spacial score (nSPS) is 13.8. The SMILES string of the molecule is CCCOc1cccc(C(=O)Nc2ccc([N+](=O)[O-])cc2N2CCOCC2)c1. The molecule has 1 heterocycles. The molecule has 0 spiro atoms. The maximum absolute atomic E-state index is 12.8. The van der Waals surface area contributed by atoms with Gasteiger partial charge in [-0.2, -0.15) is 0 Å². The number of anilines is 2. The van der Waals surface area contributed by atoms with Crippen LogP contribution in [0, 0.1) is 10.1 Å². The summed E-state index contributed by atoms with van der Waals surface area (Å²) in [4.78, 5) is 25.5. The van der Waals surface area contributed by atoms with Gasteiger partial charge >= 0.3 is 0 Å². The van der Waals surface area contributed by atoms with Crippen LogP contribution in [0.1, 0.15) is 23.7 Å². The van der Waals surface area contributed by atoms with Crippen LogP contribution in [0.25, 0.3) is 0 Å². The summed E-state index contributed by atoms with van der Waals surface area (Å²) in [7, 11) is 0. The molecule has 0 bridgehead atoms. The van der Waals surface area contributed by atoms with Crippen molar-refractivity contribution >= 4 is 23.0 Å². The Labute approximate surface area is 163 Å². The van der Waals surface area contributed by atoms with Gasteiger partial charge in [0.05, 0.1) is 36.1 Å². The third-order valence-electron chi connectivity index (χ3n) is 4.36. The molecular formula is C20H23N3O5. The van der Waals surface area contributed by atoms with Gasteiger partial charge in [-0.05, 0) is 30.7 Å². The minimum absolute atomic E-state index is 0.0190. The van der Waals surface area contributed by atoms with Crippen LogP contribution in [0.4, 0.5) is 17.1 Å². The van der Waals surface area contributed by atoms with Gasteiger partial charge in [-0.1, -0.05) is 13.0 Å². The number of carbonyl (C=O) groups is 1. The van der Waals surface area contributed by atoms with Gasteiger partial charge in [0.2, 0.25) is 0 Å². The fourth-order valence-electron chi connectivity index (χ4n) is 2.95. The Morgan fingerprint density at radius 3 is 2.75 bits per heavy atom. The molecule has 1 aliphatic rings. The molecule has 0 saturated carbocycles. The number of nitro groups is 1. The first-order valence-corrected chi connectivity index (χ1v) is 9.24. The number of nitrogens with zero attached hydrogens (tertiary/aromatic N) is 2. The first kappa shape index (κ1) is 19.6. The van der Waals surface area contributed by atoms with E-state index in [0.717, 1.165) is 6.42 Å². The van der Waals surface area contributed by atoms with Crippen LogP contribution in [-0.2, 0) is 4.74 Å². The number of rotatable bonds is 7. The van der Waals surface area contributed by atoms with Crippen LogP contribution >= 0.6 is 0 Å². The summed E-state index contributed by atoms with van der Waals surface area (Å²) in [5.74, 6) is 0.330. The second-order valence-corrected chi connectivity index (χ2v) is 6.39. The average molecular weight is 385 g/mol. The zero-order valence-corrected chi connectivity index (χ0v) is 15.7. The Bertz CT molecular complexity index is 849. The molecule has 0 atom stereocenters. The van der Waals surface area contributed by atoms with Crippen molar-refractivity contribution in [3.63, 3.8) is 0 Å². The van der Waals surface area contributed by atoms with Gasteiger partial charge in [-0.25, -0.2) is 0 Å². The Balaban J connectivity index is 1.84. The van der Waals surface area contributed by atoms with E-state index in [2.05, 4.69) is 5.32 Å². The Morgan fingerprint density at radius 1 is 1.25 bits per heavy atom. The highest BCUT2D eigenvalue weighted by atomic mass is 16.6. The predicted molar refractivity (Wildman–Crippen MR) is 106 cm³/mol. The number of nitrogens with one attached hydrogen (secondary N) is 1. The Morgan fingerprint density at radius 2 is 2.04 bits per heavy atom. The van der Waals surface area contributed by atoms with E-state index in [1.54, 1.807) is 30.3 Å². The largest absolute Gasteiger partial charge is 0.494 e. The zero-order chi connectivity index (χ0) is 19.9. The predicted octanol–water partition coefficient (Wildman–Crippen LogP) is 3.47. The molecule has 148 valence electrons. The van der Waals surface area contributed by atoms with E-state index < -0.39 is 4.92 Å². The molecule has 28 heavy (non-hydrogen) atoms. The van der Waals surface area contributed by atoms with Crippen molar-refractivity contribution in [3.05, 3.63) is 58.1 Å². The average Bonchev–Trinajstić information content (AvgIpc) is 2.73. The number of hydrogen-bond acceptors (Lipinski definition) is 6. The van der Waals surface area contributed by atoms with Crippen molar-refractivity contribution < 1.29 is 19.2 Å². The molecule has 1 N–H and O–H groups in total. The van der Waals surface area contributed by atoms with Crippen LogP contribution in [0.15, 0.2) is 42.5 Å². The van der Waals surface area contributed by atoms with Gasteiger partial charge in [0.25, 0.3) is 11.6 Å². The lowest BCUT2D eigenvalue weighted by atomic mass is 10.1. The third kappa shape index (κ3) is 4.77. The van der Waals surface area contributed by atoms with Gasteiger partial charge in [0.1, 0.15) is 5.75 Å². The summed E-state index contributed by atoms with van der Waals surface area (Å²) in [6.07, 6.45) is 0.877. The number of hydrogen-bond donors (Lipinski definition) is 1. The van der Waals surface area contributed by atoms with Gasteiger partial charge in [-0.15, -0.1) is 0 Å². The lowest BCUT2D eigenvalue weighted by Gasteiger charge is -2.30. The van der Waals surface area contributed by atoms with Crippen molar-refractivity contribution in [1.29, 1.82) is 0 Å². The second-order valence-electron chi connectivity index (χ2n) is 6.39. The molecule has 8 heteroatoms. The van der Waals surface area contributed by atoms with Crippen molar-refractivity contribution in [2.75, 3.05) is 43.1 Å². The smallest absolute Gasteiger partial charge is 0.271 e. The minimum Gasteiger partial charge on any atom is -0.494 e. The van der Waals surface area contributed by atoms with Crippen molar-refractivity contribution in [2.45, 2.75) is 13.3 Å². The zero-order valence-electron chi connectivity index (χ0n) is 15.7. The van der Waals surface area contributed by atoms with E-state index in [1.807, 2.05) is 11.8 Å². The summed E-state index contributed by atoms with van der Waals surface area (Å²) in [6, 6.07) is 11.4. The molecule has 1 saturated heterocycles. The van der Waals surface area contributed by atoms with Gasteiger partial charge in [0, 0.05) is 30.8 Å². The van der Waals surface area contributed by atoms with Crippen molar-refractivity contribution in [1.82, 2.24) is 0 Å². The van der Waals surface area contributed by atoms with Crippen LogP contribution in [0.5, 0.6) is 5.75 Å². The molecule has 0 aromatic heterocycles. The summed E-state index contributed by atoms with van der Waals surface area (Å²) in [6.45, 7) is 4.86. The second kappa shape index (κ2) is 9.18. The number of ether oxygens (including phenoxy) is 2. The van der Waals surface area contributed by atoms with E-state index in [0.29, 0.717) is 55.6 Å². The monoisotopic (exact) mass is 385 g/mol. The first-order valence-electron chi connectivity index (χ1n) is 9.24.